The van der Waals surface area contributed by atoms with Crippen molar-refractivity contribution in [1.29, 1.82) is 0 Å². The number of hydrogen-bond donors (Lipinski definition) is 0. The number of carbonyl (C=O) groups excluding carboxylic acids is 1. The molecule has 0 saturated carbocycles. The van der Waals surface area contributed by atoms with Gasteiger partial charge in [-0.1, -0.05) is 46.9 Å². The third kappa shape index (κ3) is 5.30. The van der Waals surface area contributed by atoms with Gasteiger partial charge in [-0.3, -0.25) is 0 Å². The van der Waals surface area contributed by atoms with E-state index in [1.54, 1.807) is 42.5 Å². The molecule has 1 aliphatic rings. The molecule has 9 heteroatoms. The maximum absolute atomic E-state index is 13.1. The number of rotatable bonds is 6. The summed E-state index contributed by atoms with van der Waals surface area (Å²) in [7, 11) is 1.47. The number of cyclic esters (lactones) is 1. The largest absolute Gasteiger partial charge is 0.493 e. The van der Waals surface area contributed by atoms with Gasteiger partial charge in [0.25, 0.3) is 0 Å². The summed E-state index contributed by atoms with van der Waals surface area (Å²) >= 11 is 18.4. The summed E-state index contributed by atoms with van der Waals surface area (Å²) in [6.07, 6.45) is 1.52. The van der Waals surface area contributed by atoms with Crippen molar-refractivity contribution in [2.45, 2.75) is 6.61 Å². The molecule has 0 saturated heterocycles. The van der Waals surface area contributed by atoms with E-state index in [9.17, 15) is 9.18 Å². The van der Waals surface area contributed by atoms with Crippen molar-refractivity contribution < 1.29 is 23.4 Å². The Labute approximate surface area is 204 Å². The van der Waals surface area contributed by atoms with Crippen molar-refractivity contribution in [3.05, 3.63) is 97.9 Å². The van der Waals surface area contributed by atoms with Crippen molar-refractivity contribution in [2.24, 2.45) is 4.99 Å². The van der Waals surface area contributed by atoms with E-state index >= 15 is 0 Å². The van der Waals surface area contributed by atoms with Crippen molar-refractivity contribution in [3.8, 4) is 11.5 Å². The van der Waals surface area contributed by atoms with Gasteiger partial charge in [0.15, 0.2) is 17.2 Å². The lowest BCUT2D eigenvalue weighted by atomic mass is 10.1. The standard InChI is InChI=1S/C24H15Cl3FNO4/c1-31-21-10-14(8-19(27)22(21)32-12-13-2-5-16(28)6-3-13)9-20-24(30)33-23(29-20)15-4-7-17(25)18(26)11-15/h2-11H,12H2,1H3/b20-9-. The van der Waals surface area contributed by atoms with Crippen molar-refractivity contribution in [3.63, 3.8) is 0 Å². The van der Waals surface area contributed by atoms with Gasteiger partial charge in [-0.25, -0.2) is 14.2 Å². The molecule has 3 aromatic rings. The molecule has 4 rings (SSSR count). The molecule has 33 heavy (non-hydrogen) atoms. The lowest BCUT2D eigenvalue weighted by Gasteiger charge is -2.13. The van der Waals surface area contributed by atoms with E-state index in [4.69, 9.17) is 49.0 Å². The van der Waals surface area contributed by atoms with Crippen molar-refractivity contribution in [1.82, 2.24) is 0 Å². The SMILES string of the molecule is COc1cc(/C=C2\N=C(c3ccc(Cl)c(Cl)c3)OC2=O)cc(Cl)c1OCc1ccc(F)cc1. The van der Waals surface area contributed by atoms with Crippen LogP contribution in [0.4, 0.5) is 4.39 Å². The minimum Gasteiger partial charge on any atom is -0.493 e. The monoisotopic (exact) mass is 505 g/mol. The fraction of sp³-hybridized carbons (Fsp3) is 0.0833. The van der Waals surface area contributed by atoms with E-state index < -0.39 is 5.97 Å². The van der Waals surface area contributed by atoms with E-state index in [1.165, 1.54) is 25.3 Å². The first-order valence-corrected chi connectivity index (χ1v) is 10.7. The maximum atomic E-state index is 13.1. The molecule has 0 fully saturated rings. The number of esters is 1. The van der Waals surface area contributed by atoms with Gasteiger partial charge in [-0.15, -0.1) is 0 Å². The highest BCUT2D eigenvalue weighted by Crippen LogP contribution is 2.38. The van der Waals surface area contributed by atoms with Gasteiger partial charge in [0.2, 0.25) is 5.90 Å². The topological polar surface area (TPSA) is 57.1 Å². The molecule has 0 aromatic heterocycles. The zero-order valence-corrected chi connectivity index (χ0v) is 19.3. The minimum absolute atomic E-state index is 0.0779. The number of carbonyl (C=O) groups is 1. The van der Waals surface area contributed by atoms with Crippen LogP contribution in [-0.4, -0.2) is 19.0 Å². The van der Waals surface area contributed by atoms with Crippen LogP contribution in [0.2, 0.25) is 15.1 Å². The molecule has 0 unspecified atom stereocenters. The number of aliphatic imine (C=N–C) groups is 1. The van der Waals surface area contributed by atoms with E-state index in [1.807, 2.05) is 0 Å². The summed E-state index contributed by atoms with van der Waals surface area (Å²) in [5, 5.41) is 0.964. The zero-order chi connectivity index (χ0) is 23.5. The molecule has 1 heterocycles. The predicted molar refractivity (Wildman–Crippen MR) is 126 cm³/mol. The van der Waals surface area contributed by atoms with Crippen LogP contribution in [0.15, 0.2) is 65.3 Å². The fourth-order valence-corrected chi connectivity index (χ4v) is 3.59. The quantitative estimate of drug-likeness (QED) is 0.275. The van der Waals surface area contributed by atoms with E-state index in [-0.39, 0.29) is 29.0 Å². The highest BCUT2D eigenvalue weighted by molar-refractivity contribution is 6.42. The van der Waals surface area contributed by atoms with Crippen LogP contribution < -0.4 is 9.47 Å². The van der Waals surface area contributed by atoms with Gasteiger partial charge in [-0.05, 0) is 59.7 Å². The van der Waals surface area contributed by atoms with Crippen LogP contribution in [0.5, 0.6) is 11.5 Å². The zero-order valence-electron chi connectivity index (χ0n) is 17.1. The number of halogens is 4. The fourth-order valence-electron chi connectivity index (χ4n) is 3.02. The number of nitrogens with zero attached hydrogens (tertiary/aromatic N) is 1. The molecule has 1 aliphatic heterocycles. The van der Waals surface area contributed by atoms with Crippen LogP contribution in [0.3, 0.4) is 0 Å². The van der Waals surface area contributed by atoms with Gasteiger partial charge in [0, 0.05) is 5.56 Å². The Morgan fingerprint density at radius 1 is 1.00 bits per heavy atom. The summed E-state index contributed by atoms with van der Waals surface area (Å²) < 4.78 is 29.5. The number of hydrogen-bond acceptors (Lipinski definition) is 5. The Morgan fingerprint density at radius 2 is 1.76 bits per heavy atom. The van der Waals surface area contributed by atoms with E-state index in [2.05, 4.69) is 4.99 Å². The second kappa shape index (κ2) is 9.83. The lowest BCUT2D eigenvalue weighted by Crippen LogP contribution is -2.05. The number of ether oxygens (including phenoxy) is 3. The molecule has 5 nitrogen and oxygen atoms in total. The van der Waals surface area contributed by atoms with Crippen LogP contribution in [0.1, 0.15) is 16.7 Å². The Kier molecular flexibility index (Phi) is 6.88. The van der Waals surface area contributed by atoms with Crippen LogP contribution in [0, 0.1) is 5.82 Å². The highest BCUT2D eigenvalue weighted by atomic mass is 35.5. The molecule has 0 spiro atoms. The molecule has 0 aliphatic carbocycles. The van der Waals surface area contributed by atoms with Crippen molar-refractivity contribution >= 4 is 52.7 Å². The molecular formula is C24H15Cl3FNO4. The average molecular weight is 507 g/mol. The minimum atomic E-state index is -0.622. The summed E-state index contributed by atoms with van der Waals surface area (Å²) in [5.74, 6) is -0.164. The van der Waals surface area contributed by atoms with Crippen molar-refractivity contribution in [2.75, 3.05) is 7.11 Å². The lowest BCUT2D eigenvalue weighted by molar-refractivity contribution is -0.129. The number of methoxy groups -OCH3 is 1. The van der Waals surface area contributed by atoms with Crippen LogP contribution >= 0.6 is 34.8 Å². The third-order valence-corrected chi connectivity index (χ3v) is 5.66. The van der Waals surface area contributed by atoms with Gasteiger partial charge < -0.3 is 14.2 Å². The van der Waals surface area contributed by atoms with Gasteiger partial charge in [-0.2, -0.15) is 0 Å². The van der Waals surface area contributed by atoms with E-state index in [0.29, 0.717) is 32.7 Å². The Morgan fingerprint density at radius 3 is 2.45 bits per heavy atom. The molecule has 0 atom stereocenters. The average Bonchev–Trinajstić information content (AvgIpc) is 3.15. The smallest absolute Gasteiger partial charge is 0.363 e. The second-order valence-electron chi connectivity index (χ2n) is 6.91. The molecule has 0 bridgehead atoms. The summed E-state index contributed by atoms with van der Waals surface area (Å²) in [6.45, 7) is 0.167. The van der Waals surface area contributed by atoms with E-state index in [0.717, 1.165) is 5.56 Å². The second-order valence-corrected chi connectivity index (χ2v) is 8.14. The summed E-state index contributed by atoms with van der Waals surface area (Å²) in [5.41, 5.74) is 1.91. The summed E-state index contributed by atoms with van der Waals surface area (Å²) in [4.78, 5) is 16.6. The Hall–Kier alpha value is -3.06. The van der Waals surface area contributed by atoms with Gasteiger partial charge >= 0.3 is 5.97 Å². The molecular weight excluding hydrogens is 492 g/mol. The van der Waals surface area contributed by atoms with Gasteiger partial charge in [0.1, 0.15) is 12.4 Å². The normalized spacial score (nSPS) is 14.3. The maximum Gasteiger partial charge on any atom is 0.363 e. The number of benzene rings is 3. The van der Waals surface area contributed by atoms with Crippen LogP contribution in [0.25, 0.3) is 6.08 Å². The summed E-state index contributed by atoms with van der Waals surface area (Å²) in [6, 6.07) is 14.0. The predicted octanol–water partition coefficient (Wildman–Crippen LogP) is 6.72. The molecule has 0 radical (unpaired) electrons. The Bertz CT molecular complexity index is 1290. The molecule has 3 aromatic carbocycles. The first-order valence-electron chi connectivity index (χ1n) is 9.57. The molecule has 0 N–H and O–H groups in total. The van der Waals surface area contributed by atoms with Crippen LogP contribution in [-0.2, 0) is 16.1 Å². The Balaban J connectivity index is 1.59. The van der Waals surface area contributed by atoms with Gasteiger partial charge in [0.05, 0.1) is 22.2 Å². The highest BCUT2D eigenvalue weighted by Gasteiger charge is 2.25. The first kappa shape index (κ1) is 23.1. The molecule has 0 amide bonds. The first-order chi connectivity index (χ1) is 15.8. The third-order valence-electron chi connectivity index (χ3n) is 4.64. The molecule has 168 valence electrons.